The smallest absolute Gasteiger partial charge is 0.231 e. The highest BCUT2D eigenvalue weighted by molar-refractivity contribution is 6.34. The van der Waals surface area contributed by atoms with Crippen LogP contribution in [0.2, 0.25) is 5.02 Å². The predicted octanol–water partition coefficient (Wildman–Crippen LogP) is 2.16. The van der Waals surface area contributed by atoms with Crippen molar-refractivity contribution in [1.82, 2.24) is 5.32 Å². The Morgan fingerprint density at radius 2 is 2.24 bits per heavy atom. The summed E-state index contributed by atoms with van der Waals surface area (Å²) >= 11 is 6.20. The summed E-state index contributed by atoms with van der Waals surface area (Å²) in [6, 6.07) is 3.48. The molecule has 2 amide bonds. The Morgan fingerprint density at radius 1 is 1.43 bits per heavy atom. The first-order valence-electron chi connectivity index (χ1n) is 7.12. The number of nitrogens with one attached hydrogen (secondary N) is 3. The molecular weight excluding hydrogens is 290 g/mol. The van der Waals surface area contributed by atoms with Crippen LogP contribution >= 0.6 is 11.6 Å². The van der Waals surface area contributed by atoms with E-state index >= 15 is 0 Å². The SMILES string of the molecule is CC1(C(=O)Nc2cc3c(cc2Cl)NC(=O)C3)CCCNC1. The molecular formula is C15H18ClN3O2. The second kappa shape index (κ2) is 5.31. The zero-order valence-electron chi connectivity index (χ0n) is 11.9. The van der Waals surface area contributed by atoms with Crippen molar-refractivity contribution in [2.45, 2.75) is 26.2 Å². The first-order valence-corrected chi connectivity index (χ1v) is 7.50. The van der Waals surface area contributed by atoms with E-state index < -0.39 is 5.41 Å². The Bertz CT molecular complexity index is 609. The molecule has 1 unspecified atom stereocenters. The fourth-order valence-electron chi connectivity index (χ4n) is 2.87. The first-order chi connectivity index (χ1) is 9.98. The minimum Gasteiger partial charge on any atom is -0.325 e. The van der Waals surface area contributed by atoms with E-state index in [4.69, 9.17) is 11.6 Å². The summed E-state index contributed by atoms with van der Waals surface area (Å²) in [5, 5.41) is 9.36. The highest BCUT2D eigenvalue weighted by atomic mass is 35.5. The molecule has 5 nitrogen and oxygen atoms in total. The monoisotopic (exact) mass is 307 g/mol. The fourth-order valence-corrected chi connectivity index (χ4v) is 3.08. The number of hydrogen-bond donors (Lipinski definition) is 3. The highest BCUT2D eigenvalue weighted by Gasteiger charge is 2.35. The molecule has 2 aliphatic rings. The van der Waals surface area contributed by atoms with E-state index in [0.717, 1.165) is 30.6 Å². The molecule has 1 atom stereocenters. The van der Waals surface area contributed by atoms with Crippen LogP contribution in [0.3, 0.4) is 0 Å². The van der Waals surface area contributed by atoms with Crippen molar-refractivity contribution in [2.75, 3.05) is 23.7 Å². The van der Waals surface area contributed by atoms with Gasteiger partial charge in [-0.3, -0.25) is 9.59 Å². The summed E-state index contributed by atoms with van der Waals surface area (Å²) in [7, 11) is 0. The van der Waals surface area contributed by atoms with Gasteiger partial charge in [-0.15, -0.1) is 0 Å². The van der Waals surface area contributed by atoms with E-state index in [2.05, 4.69) is 16.0 Å². The maximum Gasteiger partial charge on any atom is 0.231 e. The minimum atomic E-state index is -0.422. The molecule has 0 aliphatic carbocycles. The number of halogens is 1. The predicted molar refractivity (Wildman–Crippen MR) is 82.6 cm³/mol. The summed E-state index contributed by atoms with van der Waals surface area (Å²) in [6.45, 7) is 3.58. The van der Waals surface area contributed by atoms with E-state index in [9.17, 15) is 9.59 Å². The number of amides is 2. The van der Waals surface area contributed by atoms with Gasteiger partial charge < -0.3 is 16.0 Å². The number of hydrogen-bond acceptors (Lipinski definition) is 3. The summed E-state index contributed by atoms with van der Waals surface area (Å²) in [6.07, 6.45) is 2.17. The molecule has 1 aromatic carbocycles. The van der Waals surface area contributed by atoms with Crippen molar-refractivity contribution in [2.24, 2.45) is 5.41 Å². The van der Waals surface area contributed by atoms with Crippen LogP contribution in [-0.4, -0.2) is 24.9 Å². The van der Waals surface area contributed by atoms with Crippen molar-refractivity contribution in [3.05, 3.63) is 22.7 Å². The van der Waals surface area contributed by atoms with Gasteiger partial charge in [-0.2, -0.15) is 0 Å². The third kappa shape index (κ3) is 2.76. The zero-order valence-corrected chi connectivity index (χ0v) is 12.6. The first kappa shape index (κ1) is 14.4. The molecule has 1 fully saturated rings. The van der Waals surface area contributed by atoms with Gasteiger partial charge in [-0.05, 0) is 44.0 Å². The number of fused-ring (bicyclic) bond motifs is 1. The number of rotatable bonds is 2. The normalized spacial score (nSPS) is 24.4. The average molecular weight is 308 g/mol. The van der Waals surface area contributed by atoms with Gasteiger partial charge in [0.15, 0.2) is 0 Å². The molecule has 0 saturated carbocycles. The molecule has 6 heteroatoms. The third-order valence-electron chi connectivity index (χ3n) is 4.21. The van der Waals surface area contributed by atoms with Crippen molar-refractivity contribution in [1.29, 1.82) is 0 Å². The lowest BCUT2D eigenvalue weighted by atomic mass is 9.82. The molecule has 0 radical (unpaired) electrons. The Labute approximate surface area is 128 Å². The summed E-state index contributed by atoms with van der Waals surface area (Å²) in [5.41, 5.74) is 1.75. The lowest BCUT2D eigenvalue weighted by Gasteiger charge is -2.32. The van der Waals surface area contributed by atoms with Crippen LogP contribution < -0.4 is 16.0 Å². The average Bonchev–Trinajstić information content (AvgIpc) is 2.79. The van der Waals surface area contributed by atoms with Gasteiger partial charge in [0.25, 0.3) is 0 Å². The zero-order chi connectivity index (χ0) is 15.0. The van der Waals surface area contributed by atoms with Gasteiger partial charge in [-0.1, -0.05) is 11.6 Å². The van der Waals surface area contributed by atoms with E-state index in [1.807, 2.05) is 6.92 Å². The van der Waals surface area contributed by atoms with Crippen LogP contribution in [0.15, 0.2) is 12.1 Å². The maximum absolute atomic E-state index is 12.5. The van der Waals surface area contributed by atoms with Gasteiger partial charge >= 0.3 is 0 Å². The standard InChI is InChI=1S/C15H18ClN3O2/c1-15(3-2-4-17-8-15)14(21)19-12-5-9-6-13(20)18-11(9)7-10(12)16/h5,7,17H,2-4,6,8H2,1H3,(H,18,20)(H,19,21). The fraction of sp³-hybridized carbons (Fsp3) is 0.467. The Hall–Kier alpha value is -1.59. The summed E-state index contributed by atoms with van der Waals surface area (Å²) in [4.78, 5) is 23.9. The van der Waals surface area contributed by atoms with E-state index in [0.29, 0.717) is 23.7 Å². The van der Waals surface area contributed by atoms with Crippen molar-refractivity contribution in [3.8, 4) is 0 Å². The number of carbonyl (C=O) groups excluding carboxylic acids is 2. The molecule has 112 valence electrons. The van der Waals surface area contributed by atoms with Crippen LogP contribution in [0.25, 0.3) is 0 Å². The van der Waals surface area contributed by atoms with E-state index in [-0.39, 0.29) is 11.8 Å². The molecule has 2 aliphatic heterocycles. The molecule has 1 aromatic rings. The second-order valence-electron chi connectivity index (χ2n) is 6.01. The molecule has 2 heterocycles. The molecule has 0 aromatic heterocycles. The highest BCUT2D eigenvalue weighted by Crippen LogP contribution is 2.34. The molecule has 3 N–H and O–H groups in total. The third-order valence-corrected chi connectivity index (χ3v) is 4.52. The van der Waals surface area contributed by atoms with Gasteiger partial charge in [0.05, 0.1) is 22.5 Å². The summed E-state index contributed by atoms with van der Waals surface area (Å²) in [5.74, 6) is -0.0816. The van der Waals surface area contributed by atoms with E-state index in [1.165, 1.54) is 0 Å². The molecule has 3 rings (SSSR count). The second-order valence-corrected chi connectivity index (χ2v) is 6.42. The van der Waals surface area contributed by atoms with Crippen molar-refractivity contribution >= 4 is 34.8 Å². The maximum atomic E-state index is 12.5. The molecule has 0 spiro atoms. The Morgan fingerprint density at radius 3 is 2.95 bits per heavy atom. The lowest BCUT2D eigenvalue weighted by Crippen LogP contribution is -2.46. The quantitative estimate of drug-likeness (QED) is 0.784. The van der Waals surface area contributed by atoms with Crippen molar-refractivity contribution < 1.29 is 9.59 Å². The molecule has 0 bridgehead atoms. The van der Waals surface area contributed by atoms with Gasteiger partial charge in [0.2, 0.25) is 11.8 Å². The van der Waals surface area contributed by atoms with Crippen LogP contribution in [0.5, 0.6) is 0 Å². The number of carbonyl (C=O) groups is 2. The number of benzene rings is 1. The Kier molecular flexibility index (Phi) is 3.63. The van der Waals surface area contributed by atoms with Crippen LogP contribution in [-0.2, 0) is 16.0 Å². The topological polar surface area (TPSA) is 70.2 Å². The van der Waals surface area contributed by atoms with Crippen LogP contribution in [0.1, 0.15) is 25.3 Å². The van der Waals surface area contributed by atoms with E-state index in [1.54, 1.807) is 12.1 Å². The molecule has 1 saturated heterocycles. The van der Waals surface area contributed by atoms with Gasteiger partial charge in [-0.25, -0.2) is 0 Å². The molecule has 21 heavy (non-hydrogen) atoms. The lowest BCUT2D eigenvalue weighted by molar-refractivity contribution is -0.125. The Balaban J connectivity index is 1.80. The summed E-state index contributed by atoms with van der Waals surface area (Å²) < 4.78 is 0. The number of piperidine rings is 1. The number of anilines is 2. The van der Waals surface area contributed by atoms with Crippen LogP contribution in [0, 0.1) is 5.41 Å². The largest absolute Gasteiger partial charge is 0.325 e. The van der Waals surface area contributed by atoms with Gasteiger partial charge in [0, 0.05) is 12.2 Å². The minimum absolute atomic E-state index is 0.0335. The van der Waals surface area contributed by atoms with Crippen LogP contribution in [0.4, 0.5) is 11.4 Å². The van der Waals surface area contributed by atoms with Crippen molar-refractivity contribution in [3.63, 3.8) is 0 Å². The van der Waals surface area contributed by atoms with Gasteiger partial charge in [0.1, 0.15) is 0 Å².